The molecular formula is C40H39ClFN5O5Si. The molecule has 0 aliphatic carbocycles. The van der Waals surface area contributed by atoms with Crippen molar-refractivity contribution in [1.82, 2.24) is 15.0 Å². The summed E-state index contributed by atoms with van der Waals surface area (Å²) in [5.74, 6) is 0.0121. The van der Waals surface area contributed by atoms with E-state index in [4.69, 9.17) is 21.1 Å². The molecule has 2 amide bonds. The number of fused-ring (bicyclic) bond motifs is 4. The maximum absolute atomic E-state index is 16.4. The third-order valence-corrected chi connectivity index (χ3v) is 13.4. The number of anilines is 3. The Morgan fingerprint density at radius 2 is 1.74 bits per heavy atom. The maximum Gasteiger partial charge on any atom is 0.266 e. The fourth-order valence-corrected chi connectivity index (χ4v) is 11.1. The number of carbonyl (C=O) groups is 2. The number of rotatable bonds is 9. The summed E-state index contributed by atoms with van der Waals surface area (Å²) in [5, 5.41) is 18.1. The van der Waals surface area contributed by atoms with E-state index in [0.29, 0.717) is 69.8 Å². The molecule has 272 valence electrons. The molecular weight excluding hydrogens is 713 g/mol. The van der Waals surface area contributed by atoms with E-state index >= 15 is 4.11 Å². The Hall–Kier alpha value is -4.88. The van der Waals surface area contributed by atoms with Crippen LogP contribution in [-0.2, 0) is 34.6 Å². The molecule has 4 atom stereocenters. The number of halogens is 2. The average Bonchev–Trinajstić information content (AvgIpc) is 3.75. The summed E-state index contributed by atoms with van der Waals surface area (Å²) in [6.07, 6.45) is 2.01. The molecule has 8 rings (SSSR count). The number of hydrogen-bond acceptors (Lipinski definition) is 7. The second kappa shape index (κ2) is 13.5. The zero-order chi connectivity index (χ0) is 37.1. The molecule has 4 heterocycles. The van der Waals surface area contributed by atoms with Gasteiger partial charge in [0.2, 0.25) is 8.41 Å². The second-order valence-corrected chi connectivity index (χ2v) is 18.7. The second-order valence-electron chi connectivity index (χ2n) is 14.4. The summed E-state index contributed by atoms with van der Waals surface area (Å²) >= 11 is 6.60. The lowest BCUT2D eigenvalue weighted by atomic mass is 9.82. The fourth-order valence-electron chi connectivity index (χ4n) is 8.42. The number of para-hydroxylation sites is 3. The highest BCUT2D eigenvalue weighted by Gasteiger charge is 2.66. The molecule has 1 aromatic heterocycles. The van der Waals surface area contributed by atoms with Gasteiger partial charge >= 0.3 is 0 Å². The largest absolute Gasteiger partial charge is 0.454 e. The molecule has 53 heavy (non-hydrogen) atoms. The molecule has 0 saturated carbocycles. The van der Waals surface area contributed by atoms with E-state index in [2.05, 4.69) is 10.3 Å². The van der Waals surface area contributed by atoms with Crippen LogP contribution in [0.3, 0.4) is 0 Å². The number of benzene rings is 4. The number of carbonyl (C=O) groups excluding carboxylic acids is 2. The zero-order valence-electron chi connectivity index (χ0n) is 29.6. The van der Waals surface area contributed by atoms with E-state index in [9.17, 15) is 14.7 Å². The van der Waals surface area contributed by atoms with Crippen molar-refractivity contribution < 1.29 is 28.3 Å². The van der Waals surface area contributed by atoms with Gasteiger partial charge < -0.3 is 23.6 Å². The highest BCUT2D eigenvalue weighted by atomic mass is 35.5. The van der Waals surface area contributed by atoms with Crippen LogP contribution in [0.15, 0.2) is 97.2 Å². The highest BCUT2D eigenvalue weighted by Crippen LogP contribution is 2.60. The molecule has 3 aliphatic heterocycles. The first-order valence-electron chi connectivity index (χ1n) is 17.8. The minimum absolute atomic E-state index is 0.0348. The van der Waals surface area contributed by atoms with Crippen molar-refractivity contribution in [3.05, 3.63) is 125 Å². The molecule has 1 fully saturated rings. The Bertz CT molecular complexity index is 2230. The lowest BCUT2D eigenvalue weighted by Crippen LogP contribution is -2.45. The van der Waals surface area contributed by atoms with Crippen molar-refractivity contribution in [2.24, 2.45) is 5.92 Å². The van der Waals surface area contributed by atoms with Gasteiger partial charge in [0.25, 0.3) is 11.8 Å². The normalized spacial score (nSPS) is 22.1. The zero-order valence-corrected chi connectivity index (χ0v) is 31.3. The third-order valence-electron chi connectivity index (χ3n) is 10.7. The maximum atomic E-state index is 16.4. The number of aromatic nitrogens is 3. The molecule has 0 unspecified atom stereocenters. The molecule has 5 aromatic rings. The van der Waals surface area contributed by atoms with Crippen molar-refractivity contribution in [2.75, 3.05) is 16.4 Å². The first kappa shape index (κ1) is 35.2. The lowest BCUT2D eigenvalue weighted by molar-refractivity contribution is -0.146. The van der Waals surface area contributed by atoms with Gasteiger partial charge in [0.05, 0.1) is 35.3 Å². The van der Waals surface area contributed by atoms with Crippen molar-refractivity contribution in [3.8, 4) is 11.5 Å². The topological polar surface area (TPSA) is 110 Å². The van der Waals surface area contributed by atoms with E-state index in [1.807, 2.05) is 67.6 Å². The van der Waals surface area contributed by atoms with E-state index < -0.39 is 31.6 Å². The van der Waals surface area contributed by atoms with E-state index in [-0.39, 0.29) is 25.0 Å². The standard InChI is InChI=1S/C40H39ClFN5O5Si/c1-25-37(53(2,3)42)36(17-19-45-24-28(18-20-48)43-44-45)52-40(25)31-22-27(41)15-16-32(31)46(39(40)50)23-26-9-8-10-29(21-26)47-33-12-5-7-14-35(33)51-34-13-6-4-11-30(34)38(47)49/h4-16,21-22,24-25,36-37,48H,17-20,23H2,1-3H3/t25-,36+,37-,40+/m0/s1. The number of nitrogens with zero attached hydrogens (tertiary/aromatic N) is 5. The summed E-state index contributed by atoms with van der Waals surface area (Å²) in [4.78, 5) is 32.5. The summed E-state index contributed by atoms with van der Waals surface area (Å²) in [6, 6.07) is 27.5. The van der Waals surface area contributed by atoms with E-state index in [0.717, 1.165) is 5.56 Å². The summed E-state index contributed by atoms with van der Waals surface area (Å²) < 4.78 is 31.1. The third kappa shape index (κ3) is 6.03. The van der Waals surface area contributed by atoms with Crippen molar-refractivity contribution in [2.45, 2.75) is 63.2 Å². The van der Waals surface area contributed by atoms with Gasteiger partial charge in [0, 0.05) is 53.5 Å². The van der Waals surface area contributed by atoms with Crippen LogP contribution in [0.4, 0.5) is 21.2 Å². The van der Waals surface area contributed by atoms with Crippen molar-refractivity contribution in [1.29, 1.82) is 0 Å². The first-order chi connectivity index (χ1) is 25.5. The average molecular weight is 752 g/mol. The minimum atomic E-state index is -3.40. The van der Waals surface area contributed by atoms with Gasteiger partial charge in [-0.25, -0.2) is 0 Å². The number of aryl methyl sites for hydroxylation is 1. The van der Waals surface area contributed by atoms with Gasteiger partial charge in [0.1, 0.15) is 5.75 Å². The summed E-state index contributed by atoms with van der Waals surface area (Å²) in [7, 11) is -3.40. The molecule has 0 bridgehead atoms. The monoisotopic (exact) mass is 751 g/mol. The van der Waals surface area contributed by atoms with E-state index in [1.165, 1.54) is 0 Å². The Kier molecular flexibility index (Phi) is 8.96. The Morgan fingerprint density at radius 1 is 0.962 bits per heavy atom. The smallest absolute Gasteiger partial charge is 0.266 e. The van der Waals surface area contributed by atoms with Crippen LogP contribution in [0.5, 0.6) is 11.5 Å². The van der Waals surface area contributed by atoms with Crippen LogP contribution in [0, 0.1) is 5.92 Å². The number of hydrogen-bond donors (Lipinski definition) is 1. The van der Waals surface area contributed by atoms with Crippen LogP contribution in [-0.4, -0.2) is 53.0 Å². The van der Waals surface area contributed by atoms with Gasteiger partial charge in [-0.2, -0.15) is 0 Å². The van der Waals surface area contributed by atoms with Crippen LogP contribution in [0.2, 0.25) is 23.7 Å². The number of aliphatic hydroxyl groups excluding tert-OH is 1. The Balaban J connectivity index is 1.14. The van der Waals surface area contributed by atoms with Crippen molar-refractivity contribution in [3.63, 3.8) is 0 Å². The first-order valence-corrected chi connectivity index (χ1v) is 21.1. The van der Waals surface area contributed by atoms with Crippen LogP contribution in [0.25, 0.3) is 0 Å². The lowest BCUT2D eigenvalue weighted by Gasteiger charge is -2.31. The molecule has 1 N–H and O–H groups in total. The van der Waals surface area contributed by atoms with Gasteiger partial charge in [-0.3, -0.25) is 19.2 Å². The van der Waals surface area contributed by atoms with Gasteiger partial charge in [-0.1, -0.05) is 60.1 Å². The molecule has 1 saturated heterocycles. The van der Waals surface area contributed by atoms with Gasteiger partial charge in [-0.15, -0.1) is 5.10 Å². The SMILES string of the molecule is C[C@H]1[C@H]([Si](C)(C)F)[C@@H](CCn2cc(CCO)nn2)O[C@]12C(=O)N(Cc1cccc(N3C(=O)c4ccccc4Oc4ccccc43)c1)c1ccc(Cl)cc12. The molecule has 3 aliphatic rings. The summed E-state index contributed by atoms with van der Waals surface area (Å²) in [6.45, 7) is 5.81. The van der Waals surface area contributed by atoms with E-state index in [1.54, 1.807) is 64.1 Å². The van der Waals surface area contributed by atoms with Crippen LogP contribution in [0.1, 0.15) is 40.5 Å². The van der Waals surface area contributed by atoms with Gasteiger partial charge in [0.15, 0.2) is 11.4 Å². The van der Waals surface area contributed by atoms with Crippen LogP contribution < -0.4 is 14.5 Å². The molecule has 13 heteroatoms. The molecule has 0 radical (unpaired) electrons. The van der Waals surface area contributed by atoms with Crippen molar-refractivity contribution >= 4 is 48.9 Å². The number of aliphatic hydroxyl groups is 1. The number of amides is 2. The summed E-state index contributed by atoms with van der Waals surface area (Å²) in [5.41, 5.74) is 2.42. The van der Waals surface area contributed by atoms with Gasteiger partial charge in [-0.05, 0) is 79.7 Å². The Labute approximate surface area is 312 Å². The number of ether oxygens (including phenoxy) is 2. The molecule has 10 nitrogen and oxygen atoms in total. The molecule has 4 aromatic carbocycles. The Morgan fingerprint density at radius 3 is 2.53 bits per heavy atom. The fraction of sp³-hybridized carbons (Fsp3) is 0.300. The highest BCUT2D eigenvalue weighted by molar-refractivity contribution is 6.72. The predicted octanol–water partition coefficient (Wildman–Crippen LogP) is 7.96. The molecule has 1 spiro atoms. The minimum Gasteiger partial charge on any atom is -0.454 e. The quantitative estimate of drug-likeness (QED) is 0.120. The predicted molar refractivity (Wildman–Crippen MR) is 202 cm³/mol. The van der Waals surface area contributed by atoms with Crippen LogP contribution >= 0.6 is 11.6 Å².